The molecule has 1 aromatic carbocycles. The van der Waals surface area contributed by atoms with Crippen molar-refractivity contribution in [1.29, 1.82) is 0 Å². The van der Waals surface area contributed by atoms with Crippen molar-refractivity contribution in [2.75, 3.05) is 39.3 Å². The molecule has 0 aliphatic carbocycles. The van der Waals surface area contributed by atoms with Crippen LogP contribution in [0.3, 0.4) is 0 Å². The Morgan fingerprint density at radius 1 is 1.19 bits per heavy atom. The highest BCUT2D eigenvalue weighted by atomic mass is 16.5. The SMILES string of the molecule is COc1ccc(CC(=O)N2CCC[C@H](c3nc(C)c4c(n3)N(C)C(=O)C4)C2)cc1OC. The van der Waals surface area contributed by atoms with E-state index in [4.69, 9.17) is 19.4 Å². The van der Waals surface area contributed by atoms with Crippen LogP contribution >= 0.6 is 0 Å². The maximum Gasteiger partial charge on any atom is 0.232 e. The van der Waals surface area contributed by atoms with E-state index in [2.05, 4.69) is 0 Å². The van der Waals surface area contributed by atoms with Gasteiger partial charge in [-0.3, -0.25) is 14.5 Å². The van der Waals surface area contributed by atoms with Gasteiger partial charge >= 0.3 is 0 Å². The number of carbonyl (C=O) groups excluding carboxylic acids is 2. The van der Waals surface area contributed by atoms with Crippen molar-refractivity contribution < 1.29 is 19.1 Å². The number of benzene rings is 1. The highest BCUT2D eigenvalue weighted by Gasteiger charge is 2.32. The zero-order valence-electron chi connectivity index (χ0n) is 18.5. The summed E-state index contributed by atoms with van der Waals surface area (Å²) in [6.45, 7) is 3.24. The number of aromatic nitrogens is 2. The monoisotopic (exact) mass is 424 g/mol. The molecule has 2 aliphatic heterocycles. The Bertz CT molecular complexity index is 1020. The van der Waals surface area contributed by atoms with E-state index in [1.54, 1.807) is 26.2 Å². The predicted molar refractivity (Wildman–Crippen MR) is 116 cm³/mol. The van der Waals surface area contributed by atoms with Gasteiger partial charge in [0.15, 0.2) is 11.5 Å². The van der Waals surface area contributed by atoms with Gasteiger partial charge in [-0.15, -0.1) is 0 Å². The number of amides is 2. The highest BCUT2D eigenvalue weighted by molar-refractivity contribution is 6.00. The topological polar surface area (TPSA) is 84.9 Å². The second-order valence-corrected chi connectivity index (χ2v) is 8.14. The minimum atomic E-state index is 0.0416. The van der Waals surface area contributed by atoms with Crippen molar-refractivity contribution in [3.05, 3.63) is 40.8 Å². The molecule has 0 radical (unpaired) electrons. The molecule has 0 unspecified atom stereocenters. The van der Waals surface area contributed by atoms with E-state index in [1.807, 2.05) is 30.0 Å². The average molecular weight is 425 g/mol. The van der Waals surface area contributed by atoms with Gasteiger partial charge in [0.05, 0.1) is 27.1 Å². The van der Waals surface area contributed by atoms with E-state index in [1.165, 1.54) is 0 Å². The number of anilines is 1. The van der Waals surface area contributed by atoms with Crippen molar-refractivity contribution in [2.45, 2.75) is 38.5 Å². The molecule has 8 heteroatoms. The van der Waals surface area contributed by atoms with Crippen LogP contribution in [0, 0.1) is 6.92 Å². The highest BCUT2D eigenvalue weighted by Crippen LogP contribution is 2.32. The van der Waals surface area contributed by atoms with Crippen molar-refractivity contribution in [3.63, 3.8) is 0 Å². The summed E-state index contributed by atoms with van der Waals surface area (Å²) in [5.41, 5.74) is 2.65. The number of likely N-dealkylation sites (tertiary alicyclic amines) is 1. The summed E-state index contributed by atoms with van der Waals surface area (Å²) in [6.07, 6.45) is 2.49. The van der Waals surface area contributed by atoms with Gasteiger partial charge in [-0.05, 0) is 37.5 Å². The molecule has 0 saturated carbocycles. The fourth-order valence-corrected chi connectivity index (χ4v) is 4.35. The van der Waals surface area contributed by atoms with Gasteiger partial charge < -0.3 is 14.4 Å². The van der Waals surface area contributed by atoms with Gasteiger partial charge in [0, 0.05) is 37.3 Å². The third kappa shape index (κ3) is 4.06. The molecule has 31 heavy (non-hydrogen) atoms. The molecule has 8 nitrogen and oxygen atoms in total. The molecule has 0 spiro atoms. The lowest BCUT2D eigenvalue weighted by atomic mass is 9.96. The molecular weight excluding hydrogens is 396 g/mol. The van der Waals surface area contributed by atoms with Gasteiger partial charge in [0.1, 0.15) is 11.6 Å². The van der Waals surface area contributed by atoms with Crippen molar-refractivity contribution in [2.24, 2.45) is 0 Å². The van der Waals surface area contributed by atoms with Crippen molar-refractivity contribution in [1.82, 2.24) is 14.9 Å². The number of piperidine rings is 1. The third-order valence-corrected chi connectivity index (χ3v) is 6.17. The fraction of sp³-hybridized carbons (Fsp3) is 0.478. The zero-order valence-corrected chi connectivity index (χ0v) is 18.5. The lowest BCUT2D eigenvalue weighted by molar-refractivity contribution is -0.131. The van der Waals surface area contributed by atoms with Crippen LogP contribution in [0.1, 0.15) is 41.4 Å². The summed E-state index contributed by atoms with van der Waals surface area (Å²) >= 11 is 0. The molecule has 0 N–H and O–H groups in total. The van der Waals surface area contributed by atoms with E-state index in [0.29, 0.717) is 36.7 Å². The molecule has 1 atom stereocenters. The van der Waals surface area contributed by atoms with E-state index >= 15 is 0 Å². The number of likely N-dealkylation sites (N-methyl/N-ethyl adjacent to an activating group) is 1. The second kappa shape index (κ2) is 8.53. The van der Waals surface area contributed by atoms with Crippen LogP contribution in [0.15, 0.2) is 18.2 Å². The Morgan fingerprint density at radius 2 is 1.97 bits per heavy atom. The van der Waals surface area contributed by atoms with Crippen LogP contribution in [-0.4, -0.2) is 61.0 Å². The first-order valence-electron chi connectivity index (χ1n) is 10.5. The van der Waals surface area contributed by atoms with Crippen LogP contribution < -0.4 is 14.4 Å². The molecule has 2 aromatic rings. The van der Waals surface area contributed by atoms with Crippen LogP contribution in [-0.2, 0) is 22.4 Å². The molecular formula is C23H28N4O4. The second-order valence-electron chi connectivity index (χ2n) is 8.14. The van der Waals surface area contributed by atoms with Crippen molar-refractivity contribution in [3.8, 4) is 11.5 Å². The number of hydrogen-bond acceptors (Lipinski definition) is 6. The Balaban J connectivity index is 1.49. The fourth-order valence-electron chi connectivity index (χ4n) is 4.35. The molecule has 4 rings (SSSR count). The summed E-state index contributed by atoms with van der Waals surface area (Å²) in [5, 5.41) is 0. The minimum absolute atomic E-state index is 0.0416. The van der Waals surface area contributed by atoms with Gasteiger partial charge in [-0.25, -0.2) is 9.97 Å². The molecule has 1 aromatic heterocycles. The average Bonchev–Trinajstić information content (AvgIpc) is 3.08. The van der Waals surface area contributed by atoms with Gasteiger partial charge in [0.25, 0.3) is 0 Å². The maximum absolute atomic E-state index is 13.0. The minimum Gasteiger partial charge on any atom is -0.493 e. The van der Waals surface area contributed by atoms with Gasteiger partial charge in [-0.2, -0.15) is 0 Å². The molecule has 0 bridgehead atoms. The van der Waals surface area contributed by atoms with Crippen LogP contribution in [0.25, 0.3) is 0 Å². The first-order chi connectivity index (χ1) is 14.9. The number of nitrogens with zero attached hydrogens (tertiary/aromatic N) is 4. The number of fused-ring (bicyclic) bond motifs is 1. The predicted octanol–water partition coefficient (Wildman–Crippen LogP) is 2.27. The maximum atomic E-state index is 13.0. The van der Waals surface area contributed by atoms with E-state index in [-0.39, 0.29) is 17.7 Å². The summed E-state index contributed by atoms with van der Waals surface area (Å²) in [5.74, 6) is 2.87. The molecule has 2 aliphatic rings. The van der Waals surface area contributed by atoms with Crippen LogP contribution in [0.4, 0.5) is 5.82 Å². The normalized spacial score (nSPS) is 18.2. The lowest BCUT2D eigenvalue weighted by Crippen LogP contribution is -2.40. The first-order valence-corrected chi connectivity index (χ1v) is 10.5. The molecule has 164 valence electrons. The summed E-state index contributed by atoms with van der Waals surface area (Å²) < 4.78 is 10.6. The van der Waals surface area contributed by atoms with Gasteiger partial charge in [0.2, 0.25) is 11.8 Å². The standard InChI is InChI=1S/C23H28N4O4/c1-14-17-12-20(28)26(2)23(17)25-22(24-14)16-6-5-9-27(13-16)21(29)11-15-7-8-18(30-3)19(10-15)31-4/h7-8,10,16H,5-6,9,11-13H2,1-4H3/t16-/m0/s1. The lowest BCUT2D eigenvalue weighted by Gasteiger charge is -2.32. The summed E-state index contributed by atoms with van der Waals surface area (Å²) in [6, 6.07) is 5.55. The van der Waals surface area contributed by atoms with E-state index in [0.717, 1.165) is 42.0 Å². The molecule has 1 saturated heterocycles. The smallest absolute Gasteiger partial charge is 0.232 e. The van der Waals surface area contributed by atoms with Crippen molar-refractivity contribution >= 4 is 17.6 Å². The molecule has 3 heterocycles. The third-order valence-electron chi connectivity index (χ3n) is 6.17. The first kappa shape index (κ1) is 21.1. The quantitative estimate of drug-likeness (QED) is 0.732. The Morgan fingerprint density at radius 3 is 2.71 bits per heavy atom. The Hall–Kier alpha value is -3.16. The number of ether oxygens (including phenoxy) is 2. The van der Waals surface area contributed by atoms with Crippen LogP contribution in [0.2, 0.25) is 0 Å². The van der Waals surface area contributed by atoms with Gasteiger partial charge in [-0.1, -0.05) is 6.07 Å². The summed E-state index contributed by atoms with van der Waals surface area (Å²) in [4.78, 5) is 38.0. The number of rotatable bonds is 5. The Labute approximate surface area is 182 Å². The van der Waals surface area contributed by atoms with E-state index in [9.17, 15) is 9.59 Å². The number of methoxy groups -OCH3 is 2. The zero-order chi connectivity index (χ0) is 22.1. The number of aryl methyl sites for hydroxylation is 1. The summed E-state index contributed by atoms with van der Waals surface area (Å²) in [7, 11) is 4.93. The molecule has 2 amide bonds. The number of carbonyl (C=O) groups is 2. The molecule has 1 fully saturated rings. The van der Waals surface area contributed by atoms with Crippen LogP contribution in [0.5, 0.6) is 11.5 Å². The number of hydrogen-bond donors (Lipinski definition) is 0. The van der Waals surface area contributed by atoms with E-state index < -0.39 is 0 Å². The Kier molecular flexibility index (Phi) is 5.80. The largest absolute Gasteiger partial charge is 0.493 e.